The highest BCUT2D eigenvalue weighted by Crippen LogP contribution is 2.29. The van der Waals surface area contributed by atoms with Gasteiger partial charge in [0.25, 0.3) is 0 Å². The smallest absolute Gasteiger partial charge is 0.229 e. The molecule has 1 N–H and O–H groups in total. The first kappa shape index (κ1) is 8.33. The molecular formula is C7H9BrN2O. The minimum atomic E-state index is 0.594. The van der Waals surface area contributed by atoms with E-state index >= 15 is 0 Å². The number of methoxy groups -OCH3 is 1. The van der Waals surface area contributed by atoms with E-state index in [1.165, 1.54) is 0 Å². The van der Waals surface area contributed by atoms with Gasteiger partial charge in [-0.3, -0.25) is 0 Å². The van der Waals surface area contributed by atoms with E-state index in [1.54, 1.807) is 13.3 Å². The Bertz CT molecular complexity index is 230. The number of halogens is 1. The van der Waals surface area contributed by atoms with E-state index in [0.29, 0.717) is 5.88 Å². The van der Waals surface area contributed by atoms with Gasteiger partial charge in [0.2, 0.25) is 5.88 Å². The summed E-state index contributed by atoms with van der Waals surface area (Å²) in [6, 6.07) is 1.87. The number of anilines is 1. The van der Waals surface area contributed by atoms with Crippen LogP contribution in [0.4, 0.5) is 5.69 Å². The van der Waals surface area contributed by atoms with Gasteiger partial charge < -0.3 is 10.1 Å². The Labute approximate surface area is 73.9 Å². The number of nitrogens with one attached hydrogen (secondary N) is 1. The second-order valence-electron chi connectivity index (χ2n) is 1.93. The second kappa shape index (κ2) is 3.57. The molecular weight excluding hydrogens is 208 g/mol. The molecule has 0 aliphatic carbocycles. The van der Waals surface area contributed by atoms with Crippen LogP contribution in [0.25, 0.3) is 0 Å². The number of aromatic nitrogens is 1. The average Bonchev–Trinajstić information content (AvgIpc) is 2.05. The summed E-state index contributed by atoms with van der Waals surface area (Å²) in [7, 11) is 3.44. The van der Waals surface area contributed by atoms with Crippen molar-refractivity contribution in [1.29, 1.82) is 0 Å². The molecule has 0 radical (unpaired) electrons. The Balaban J connectivity index is 3.10. The van der Waals surface area contributed by atoms with Crippen molar-refractivity contribution in [3.63, 3.8) is 0 Å². The maximum atomic E-state index is 4.99. The third-order valence-corrected chi connectivity index (χ3v) is 2.09. The molecule has 1 rings (SSSR count). The topological polar surface area (TPSA) is 34.2 Å². The highest BCUT2D eigenvalue weighted by molar-refractivity contribution is 9.10. The molecule has 3 nitrogen and oxygen atoms in total. The van der Waals surface area contributed by atoms with E-state index in [0.717, 1.165) is 10.2 Å². The van der Waals surface area contributed by atoms with Crippen LogP contribution in [-0.2, 0) is 0 Å². The second-order valence-corrected chi connectivity index (χ2v) is 2.72. The summed E-state index contributed by atoms with van der Waals surface area (Å²) < 4.78 is 5.84. The minimum Gasteiger partial charge on any atom is -0.480 e. The van der Waals surface area contributed by atoms with Crippen molar-refractivity contribution in [2.75, 3.05) is 19.5 Å². The Morgan fingerprint density at radius 3 is 2.91 bits per heavy atom. The Morgan fingerprint density at radius 2 is 2.36 bits per heavy atom. The standard InChI is InChI=1S/C7H9BrN2O/c1-9-5-3-4-10-7(11-2)6(5)8/h3-4H,1-2H3,(H,9,10). The van der Waals surface area contributed by atoms with Crippen LogP contribution >= 0.6 is 15.9 Å². The van der Waals surface area contributed by atoms with E-state index in [-0.39, 0.29) is 0 Å². The SMILES string of the molecule is CNc1ccnc(OC)c1Br. The number of hydrogen-bond acceptors (Lipinski definition) is 3. The summed E-state index contributed by atoms with van der Waals surface area (Å²) in [5.74, 6) is 0.594. The predicted molar refractivity (Wildman–Crippen MR) is 48.0 cm³/mol. The molecule has 1 aromatic heterocycles. The monoisotopic (exact) mass is 216 g/mol. The first-order valence-corrected chi connectivity index (χ1v) is 3.95. The fourth-order valence-corrected chi connectivity index (χ4v) is 1.35. The Hall–Kier alpha value is -0.770. The van der Waals surface area contributed by atoms with Crippen LogP contribution in [0.15, 0.2) is 16.7 Å². The molecule has 0 atom stereocenters. The van der Waals surface area contributed by atoms with Crippen LogP contribution in [0.3, 0.4) is 0 Å². The molecule has 0 saturated carbocycles. The normalized spacial score (nSPS) is 9.36. The number of pyridine rings is 1. The molecule has 0 fully saturated rings. The maximum absolute atomic E-state index is 4.99. The average molecular weight is 217 g/mol. The zero-order chi connectivity index (χ0) is 8.27. The summed E-state index contributed by atoms with van der Waals surface area (Å²) in [4.78, 5) is 4.00. The number of hydrogen-bond donors (Lipinski definition) is 1. The minimum absolute atomic E-state index is 0.594. The summed E-state index contributed by atoms with van der Waals surface area (Å²) in [6.45, 7) is 0. The molecule has 0 aliphatic heterocycles. The van der Waals surface area contributed by atoms with Gasteiger partial charge in [-0.1, -0.05) is 0 Å². The van der Waals surface area contributed by atoms with E-state index < -0.39 is 0 Å². The summed E-state index contributed by atoms with van der Waals surface area (Å²) in [6.07, 6.45) is 1.69. The van der Waals surface area contributed by atoms with Crippen molar-refractivity contribution in [1.82, 2.24) is 4.98 Å². The molecule has 1 heterocycles. The molecule has 0 unspecified atom stereocenters. The Morgan fingerprint density at radius 1 is 1.64 bits per heavy atom. The van der Waals surface area contributed by atoms with Crippen molar-refractivity contribution in [3.05, 3.63) is 16.7 Å². The lowest BCUT2D eigenvalue weighted by Crippen LogP contribution is -1.94. The maximum Gasteiger partial charge on any atom is 0.229 e. The lowest BCUT2D eigenvalue weighted by molar-refractivity contribution is 0.395. The van der Waals surface area contributed by atoms with E-state index in [9.17, 15) is 0 Å². The van der Waals surface area contributed by atoms with Crippen molar-refractivity contribution in [2.24, 2.45) is 0 Å². The molecule has 11 heavy (non-hydrogen) atoms. The molecule has 0 spiro atoms. The molecule has 0 bridgehead atoms. The molecule has 0 aliphatic rings. The summed E-state index contributed by atoms with van der Waals surface area (Å²) in [5, 5.41) is 3.00. The molecule has 60 valence electrons. The molecule has 4 heteroatoms. The van der Waals surface area contributed by atoms with Crippen LogP contribution in [0.1, 0.15) is 0 Å². The quantitative estimate of drug-likeness (QED) is 0.821. The highest BCUT2D eigenvalue weighted by atomic mass is 79.9. The van der Waals surface area contributed by atoms with Gasteiger partial charge in [-0.25, -0.2) is 4.98 Å². The van der Waals surface area contributed by atoms with Crippen molar-refractivity contribution < 1.29 is 4.74 Å². The van der Waals surface area contributed by atoms with Crippen molar-refractivity contribution in [3.8, 4) is 5.88 Å². The largest absolute Gasteiger partial charge is 0.480 e. The first-order valence-electron chi connectivity index (χ1n) is 3.16. The van der Waals surface area contributed by atoms with Gasteiger partial charge in [0.05, 0.1) is 12.8 Å². The van der Waals surface area contributed by atoms with Gasteiger partial charge in [0.1, 0.15) is 4.47 Å². The van der Waals surface area contributed by atoms with E-state index in [1.807, 2.05) is 13.1 Å². The van der Waals surface area contributed by atoms with E-state index in [2.05, 4.69) is 26.2 Å². The zero-order valence-electron chi connectivity index (χ0n) is 6.39. The molecule has 0 saturated heterocycles. The van der Waals surface area contributed by atoms with Crippen molar-refractivity contribution in [2.45, 2.75) is 0 Å². The molecule has 0 amide bonds. The van der Waals surface area contributed by atoms with Crippen molar-refractivity contribution >= 4 is 21.6 Å². The van der Waals surface area contributed by atoms with Crippen LogP contribution in [0, 0.1) is 0 Å². The van der Waals surface area contributed by atoms with Gasteiger partial charge in [-0.2, -0.15) is 0 Å². The lowest BCUT2D eigenvalue weighted by Gasteiger charge is -2.05. The van der Waals surface area contributed by atoms with Crippen LogP contribution in [0.2, 0.25) is 0 Å². The molecule has 0 aromatic carbocycles. The van der Waals surface area contributed by atoms with Gasteiger partial charge in [0, 0.05) is 13.2 Å². The zero-order valence-corrected chi connectivity index (χ0v) is 7.97. The third kappa shape index (κ3) is 1.63. The van der Waals surface area contributed by atoms with Gasteiger partial charge in [-0.15, -0.1) is 0 Å². The first-order chi connectivity index (χ1) is 5.29. The third-order valence-electron chi connectivity index (χ3n) is 1.32. The van der Waals surface area contributed by atoms with Crippen LogP contribution in [0.5, 0.6) is 5.88 Å². The highest BCUT2D eigenvalue weighted by Gasteiger charge is 2.04. The van der Waals surface area contributed by atoms with Gasteiger partial charge in [-0.05, 0) is 22.0 Å². The number of nitrogens with zero attached hydrogens (tertiary/aromatic N) is 1. The Kier molecular flexibility index (Phi) is 2.70. The predicted octanol–water partition coefficient (Wildman–Crippen LogP) is 1.89. The molecule has 1 aromatic rings. The van der Waals surface area contributed by atoms with E-state index in [4.69, 9.17) is 4.74 Å². The van der Waals surface area contributed by atoms with Gasteiger partial charge >= 0.3 is 0 Å². The van der Waals surface area contributed by atoms with Gasteiger partial charge in [0.15, 0.2) is 0 Å². The van der Waals surface area contributed by atoms with Crippen LogP contribution in [-0.4, -0.2) is 19.1 Å². The van der Waals surface area contributed by atoms with Crippen LogP contribution < -0.4 is 10.1 Å². The number of ether oxygens (including phenoxy) is 1. The summed E-state index contributed by atoms with van der Waals surface area (Å²) >= 11 is 3.35. The fraction of sp³-hybridized carbons (Fsp3) is 0.286. The fourth-order valence-electron chi connectivity index (χ4n) is 0.760. The number of rotatable bonds is 2. The summed E-state index contributed by atoms with van der Waals surface area (Å²) in [5.41, 5.74) is 0.969. The lowest BCUT2D eigenvalue weighted by atomic mass is 10.4.